The quantitative estimate of drug-likeness (QED) is 0.637. The van der Waals surface area contributed by atoms with Gasteiger partial charge in [-0.2, -0.15) is 0 Å². The Balaban J connectivity index is 0.00000264. The topological polar surface area (TPSA) is 75.5 Å². The number of hydrogen-bond acceptors (Lipinski definition) is 4. The molecule has 1 aliphatic heterocycles. The maximum absolute atomic E-state index is 12.8. The number of aryl methyl sites for hydroxylation is 1. The minimum Gasteiger partial charge on any atom is -0.334 e. The van der Waals surface area contributed by atoms with E-state index in [9.17, 15) is 14.9 Å². The van der Waals surface area contributed by atoms with Gasteiger partial charge >= 0.3 is 0 Å². The summed E-state index contributed by atoms with van der Waals surface area (Å²) in [7, 11) is 0. The van der Waals surface area contributed by atoms with Crippen LogP contribution in [0.5, 0.6) is 0 Å². The Morgan fingerprint density at radius 1 is 1.43 bits per heavy atom. The maximum atomic E-state index is 12.8. The van der Waals surface area contributed by atoms with Crippen LogP contribution in [0.4, 0.5) is 5.69 Å². The second-order valence-electron chi connectivity index (χ2n) is 5.60. The first-order chi connectivity index (χ1) is 10.6. The van der Waals surface area contributed by atoms with Crippen molar-refractivity contribution < 1.29 is 9.72 Å². The van der Waals surface area contributed by atoms with Gasteiger partial charge in [-0.25, -0.2) is 0 Å². The van der Waals surface area contributed by atoms with Crippen LogP contribution < -0.4 is 5.32 Å². The summed E-state index contributed by atoms with van der Waals surface area (Å²) in [6.07, 6.45) is 2.38. The van der Waals surface area contributed by atoms with Gasteiger partial charge in [-0.3, -0.25) is 14.9 Å². The van der Waals surface area contributed by atoms with E-state index in [-0.39, 0.29) is 30.0 Å². The molecule has 0 bridgehead atoms. The van der Waals surface area contributed by atoms with Crippen LogP contribution in [0.15, 0.2) is 18.2 Å². The van der Waals surface area contributed by atoms with Crippen molar-refractivity contribution in [2.75, 3.05) is 19.6 Å². The molecule has 1 heterocycles. The molecule has 0 aliphatic carbocycles. The van der Waals surface area contributed by atoms with Crippen LogP contribution in [0.2, 0.25) is 0 Å². The zero-order valence-corrected chi connectivity index (χ0v) is 14.4. The monoisotopic (exact) mass is 341 g/mol. The zero-order chi connectivity index (χ0) is 16.1. The largest absolute Gasteiger partial charge is 0.334 e. The number of nitro benzene ring substituents is 1. The van der Waals surface area contributed by atoms with Crippen LogP contribution in [0.3, 0.4) is 0 Å². The molecule has 7 heteroatoms. The van der Waals surface area contributed by atoms with Gasteiger partial charge < -0.3 is 10.2 Å². The lowest BCUT2D eigenvalue weighted by molar-refractivity contribution is -0.385. The number of carbonyl (C=O) groups is 1. The molecule has 1 aliphatic rings. The van der Waals surface area contributed by atoms with E-state index in [2.05, 4.69) is 5.32 Å². The first-order valence-corrected chi connectivity index (χ1v) is 7.87. The fourth-order valence-corrected chi connectivity index (χ4v) is 2.93. The SMILES string of the molecule is CCCN(C(=O)c1ccc(CC)c([N+](=O)[O-])c1)C1CCNC1.Cl. The van der Waals surface area contributed by atoms with Crippen LogP contribution in [0.25, 0.3) is 0 Å². The van der Waals surface area contributed by atoms with Gasteiger partial charge in [0.2, 0.25) is 0 Å². The van der Waals surface area contributed by atoms with Gasteiger partial charge in [-0.1, -0.05) is 19.9 Å². The third kappa shape index (κ3) is 4.42. The summed E-state index contributed by atoms with van der Waals surface area (Å²) in [4.78, 5) is 25.4. The number of carbonyl (C=O) groups excluding carboxylic acids is 1. The molecule has 1 aromatic carbocycles. The average Bonchev–Trinajstić information content (AvgIpc) is 3.05. The predicted octanol–water partition coefficient (Wildman–Crippen LogP) is 2.79. The number of amides is 1. The van der Waals surface area contributed by atoms with Crippen molar-refractivity contribution >= 4 is 24.0 Å². The van der Waals surface area contributed by atoms with Crippen LogP contribution >= 0.6 is 12.4 Å². The molecule has 0 aromatic heterocycles. The Kier molecular flexibility index (Phi) is 7.45. The number of nitro groups is 1. The summed E-state index contributed by atoms with van der Waals surface area (Å²) >= 11 is 0. The third-order valence-corrected chi connectivity index (χ3v) is 4.11. The molecule has 1 aromatic rings. The molecule has 128 valence electrons. The average molecular weight is 342 g/mol. The van der Waals surface area contributed by atoms with Crippen molar-refractivity contribution in [1.29, 1.82) is 0 Å². The van der Waals surface area contributed by atoms with E-state index in [1.807, 2.05) is 18.7 Å². The Bertz CT molecular complexity index is 560. The highest BCUT2D eigenvalue weighted by molar-refractivity contribution is 5.95. The first kappa shape index (κ1) is 19.4. The van der Waals surface area contributed by atoms with Gasteiger partial charge in [0.15, 0.2) is 0 Å². The molecule has 0 radical (unpaired) electrons. The van der Waals surface area contributed by atoms with Crippen molar-refractivity contribution in [2.45, 2.75) is 39.2 Å². The van der Waals surface area contributed by atoms with Crippen molar-refractivity contribution in [3.8, 4) is 0 Å². The smallest absolute Gasteiger partial charge is 0.273 e. The molecule has 1 amide bonds. The minimum atomic E-state index is -0.406. The summed E-state index contributed by atoms with van der Waals surface area (Å²) < 4.78 is 0. The molecule has 1 atom stereocenters. The lowest BCUT2D eigenvalue weighted by atomic mass is 10.0. The molecule has 6 nitrogen and oxygen atoms in total. The van der Waals surface area contributed by atoms with E-state index >= 15 is 0 Å². The molecule has 23 heavy (non-hydrogen) atoms. The second-order valence-corrected chi connectivity index (χ2v) is 5.60. The summed E-state index contributed by atoms with van der Waals surface area (Å²) in [6, 6.07) is 5.01. The normalized spacial score (nSPS) is 16.7. The maximum Gasteiger partial charge on any atom is 0.273 e. The highest BCUT2D eigenvalue weighted by Crippen LogP contribution is 2.23. The summed E-state index contributed by atoms with van der Waals surface area (Å²) in [5, 5.41) is 14.4. The minimum absolute atomic E-state index is 0. The van der Waals surface area contributed by atoms with E-state index < -0.39 is 4.92 Å². The van der Waals surface area contributed by atoms with Gasteiger partial charge in [0.25, 0.3) is 11.6 Å². The molecule has 1 fully saturated rings. The summed E-state index contributed by atoms with van der Waals surface area (Å²) in [6.45, 7) is 6.28. The molecular weight excluding hydrogens is 318 g/mol. The molecule has 1 saturated heterocycles. The third-order valence-electron chi connectivity index (χ3n) is 4.11. The fourth-order valence-electron chi connectivity index (χ4n) is 2.93. The summed E-state index contributed by atoms with van der Waals surface area (Å²) in [5.74, 6) is -0.110. The first-order valence-electron chi connectivity index (χ1n) is 7.87. The van der Waals surface area contributed by atoms with Crippen molar-refractivity contribution in [3.63, 3.8) is 0 Å². The van der Waals surface area contributed by atoms with E-state index in [4.69, 9.17) is 0 Å². The van der Waals surface area contributed by atoms with Crippen molar-refractivity contribution in [2.24, 2.45) is 0 Å². The summed E-state index contributed by atoms with van der Waals surface area (Å²) in [5.41, 5.74) is 1.10. The molecule has 1 N–H and O–H groups in total. The molecule has 0 spiro atoms. The van der Waals surface area contributed by atoms with Crippen LogP contribution in [0, 0.1) is 10.1 Å². The van der Waals surface area contributed by atoms with Crippen LogP contribution in [0.1, 0.15) is 42.6 Å². The number of halogens is 1. The molecule has 0 saturated carbocycles. The Morgan fingerprint density at radius 3 is 2.70 bits per heavy atom. The van der Waals surface area contributed by atoms with Gasteiger partial charge in [0, 0.05) is 36.3 Å². The zero-order valence-electron chi connectivity index (χ0n) is 13.6. The highest BCUT2D eigenvalue weighted by atomic mass is 35.5. The molecular formula is C16H24ClN3O3. The van der Waals surface area contributed by atoms with Gasteiger partial charge in [0.05, 0.1) is 4.92 Å². The van der Waals surface area contributed by atoms with E-state index in [0.717, 1.165) is 25.9 Å². The van der Waals surface area contributed by atoms with Gasteiger partial charge in [0.1, 0.15) is 0 Å². The Hall–Kier alpha value is -1.66. The number of nitrogens with one attached hydrogen (secondary N) is 1. The number of rotatable bonds is 6. The van der Waals surface area contributed by atoms with Crippen molar-refractivity contribution in [3.05, 3.63) is 39.4 Å². The Labute approximate surface area is 142 Å². The van der Waals surface area contributed by atoms with Crippen LogP contribution in [-0.2, 0) is 6.42 Å². The molecule has 1 unspecified atom stereocenters. The van der Waals surface area contributed by atoms with Crippen molar-refractivity contribution in [1.82, 2.24) is 10.2 Å². The fraction of sp³-hybridized carbons (Fsp3) is 0.562. The van der Waals surface area contributed by atoms with E-state index in [1.54, 1.807) is 12.1 Å². The second kappa shape index (κ2) is 8.84. The van der Waals surface area contributed by atoms with Crippen LogP contribution in [-0.4, -0.2) is 41.4 Å². The van der Waals surface area contributed by atoms with E-state index in [0.29, 0.717) is 24.1 Å². The number of hydrogen-bond donors (Lipinski definition) is 1. The lowest BCUT2D eigenvalue weighted by Gasteiger charge is -2.28. The number of benzene rings is 1. The van der Waals surface area contributed by atoms with E-state index in [1.165, 1.54) is 6.07 Å². The standard InChI is InChI=1S/C16H23N3O3.ClH/c1-3-9-18(14-7-8-17-11-14)16(20)13-6-5-12(4-2)15(10-13)19(21)22;/h5-6,10,14,17H,3-4,7-9,11H2,1-2H3;1H. The molecule has 2 rings (SSSR count). The predicted molar refractivity (Wildman–Crippen MR) is 92.3 cm³/mol. The Morgan fingerprint density at radius 2 is 2.17 bits per heavy atom. The lowest BCUT2D eigenvalue weighted by Crippen LogP contribution is -2.42. The van der Waals surface area contributed by atoms with Gasteiger partial charge in [-0.05, 0) is 31.9 Å². The highest BCUT2D eigenvalue weighted by Gasteiger charge is 2.27. The number of nitrogens with zero attached hydrogens (tertiary/aromatic N) is 2. The van der Waals surface area contributed by atoms with Gasteiger partial charge in [-0.15, -0.1) is 12.4 Å².